The lowest BCUT2D eigenvalue weighted by molar-refractivity contribution is -0.126. The quantitative estimate of drug-likeness (QED) is 0.160. The largest absolute Gasteiger partial charge is 0.493 e. The summed E-state index contributed by atoms with van der Waals surface area (Å²) >= 11 is 0. The molecule has 42 heavy (non-hydrogen) atoms. The van der Waals surface area contributed by atoms with E-state index >= 15 is 0 Å². The molecule has 2 saturated heterocycles. The number of amides is 2. The zero-order valence-corrected chi connectivity index (χ0v) is 23.0. The van der Waals surface area contributed by atoms with Crippen LogP contribution in [0, 0.1) is 5.92 Å². The predicted molar refractivity (Wildman–Crippen MR) is 155 cm³/mol. The number of nitrogens with zero attached hydrogens (tertiary/aromatic N) is 2. The molecule has 9 nitrogen and oxygen atoms in total. The van der Waals surface area contributed by atoms with Gasteiger partial charge in [-0.2, -0.15) is 0 Å². The van der Waals surface area contributed by atoms with E-state index in [1.807, 2.05) is 43.3 Å². The summed E-state index contributed by atoms with van der Waals surface area (Å²) in [5.41, 5.74) is 2.09. The molecular weight excluding hydrogens is 536 g/mol. The smallest absolute Gasteiger partial charge is 0.343 e. The molecule has 0 N–H and O–H groups in total. The Labute approximate surface area is 242 Å². The molecule has 212 valence electrons. The first kappa shape index (κ1) is 27.0. The fourth-order valence-corrected chi connectivity index (χ4v) is 5.39. The highest BCUT2D eigenvalue weighted by Crippen LogP contribution is 2.49. The maximum absolute atomic E-state index is 14.1. The summed E-state index contributed by atoms with van der Waals surface area (Å²) in [5.74, 6) is -1.32. The lowest BCUT2D eigenvalue weighted by Crippen LogP contribution is -2.37. The second-order valence-electron chi connectivity index (χ2n) is 9.74. The Morgan fingerprint density at radius 3 is 2.21 bits per heavy atom. The van der Waals surface area contributed by atoms with E-state index in [4.69, 9.17) is 19.0 Å². The van der Waals surface area contributed by atoms with Gasteiger partial charge in [-0.05, 0) is 61.0 Å². The van der Waals surface area contributed by atoms with Crippen molar-refractivity contribution in [1.82, 2.24) is 0 Å². The Hall–Kier alpha value is -5.15. The first-order chi connectivity index (χ1) is 20.5. The number of hydroxylamine groups is 1. The number of para-hydroxylation sites is 3. The second kappa shape index (κ2) is 11.4. The van der Waals surface area contributed by atoms with Gasteiger partial charge in [0.15, 0.2) is 17.6 Å². The van der Waals surface area contributed by atoms with Gasteiger partial charge in [0.1, 0.15) is 11.7 Å². The van der Waals surface area contributed by atoms with Crippen molar-refractivity contribution in [2.45, 2.75) is 19.1 Å². The highest BCUT2D eigenvalue weighted by Gasteiger charge is 2.60. The molecule has 2 aliphatic rings. The van der Waals surface area contributed by atoms with Crippen LogP contribution in [0.4, 0.5) is 11.4 Å². The summed E-state index contributed by atoms with van der Waals surface area (Å²) < 4.78 is 17.0. The van der Waals surface area contributed by atoms with Gasteiger partial charge in [-0.25, -0.2) is 14.8 Å². The van der Waals surface area contributed by atoms with Gasteiger partial charge >= 0.3 is 5.97 Å². The van der Waals surface area contributed by atoms with Crippen LogP contribution in [0.1, 0.15) is 28.9 Å². The van der Waals surface area contributed by atoms with Crippen molar-refractivity contribution in [3.63, 3.8) is 0 Å². The number of ether oxygens (including phenoxy) is 3. The van der Waals surface area contributed by atoms with Crippen LogP contribution < -0.4 is 24.2 Å². The van der Waals surface area contributed by atoms with E-state index in [1.165, 1.54) is 7.11 Å². The summed E-state index contributed by atoms with van der Waals surface area (Å²) in [4.78, 5) is 48.0. The van der Waals surface area contributed by atoms with Crippen molar-refractivity contribution < 1.29 is 33.4 Å². The molecule has 0 aromatic heterocycles. The van der Waals surface area contributed by atoms with Gasteiger partial charge in [-0.3, -0.25) is 14.4 Å². The minimum atomic E-state index is -1.06. The van der Waals surface area contributed by atoms with E-state index < -0.39 is 35.8 Å². The highest BCUT2D eigenvalue weighted by molar-refractivity contribution is 6.24. The van der Waals surface area contributed by atoms with Crippen LogP contribution in [0.25, 0.3) is 0 Å². The number of rotatable bonds is 8. The van der Waals surface area contributed by atoms with E-state index in [9.17, 15) is 14.4 Å². The molecule has 2 amide bonds. The standard InChI is InChI=1S/C33H28N2O7/c1-3-40-25-17-11-10-16-24(25)34-31(36)28-29(35(42-30(28)32(34)37)23-14-8-5-9-15-23)22-18-19-26(27(20-22)39-2)41-33(38)21-12-6-4-7-13-21/h4-20,28-30H,3H2,1-2H3. The summed E-state index contributed by atoms with van der Waals surface area (Å²) in [6.45, 7) is 2.21. The maximum Gasteiger partial charge on any atom is 0.343 e. The molecule has 0 aliphatic carbocycles. The Kier molecular flexibility index (Phi) is 7.33. The summed E-state index contributed by atoms with van der Waals surface area (Å²) in [6.07, 6.45) is -1.06. The van der Waals surface area contributed by atoms with E-state index in [0.717, 1.165) is 4.90 Å². The number of hydrogen-bond donors (Lipinski definition) is 0. The molecule has 0 radical (unpaired) electrons. The van der Waals surface area contributed by atoms with E-state index in [0.29, 0.717) is 40.6 Å². The SMILES string of the molecule is CCOc1ccccc1N1C(=O)C2ON(c3ccccc3)C(c3ccc(OC(=O)c4ccccc4)c(OC)c3)C2C1=O. The van der Waals surface area contributed by atoms with Crippen LogP contribution in [-0.2, 0) is 14.4 Å². The third-order valence-electron chi connectivity index (χ3n) is 7.27. The number of anilines is 2. The third-order valence-corrected chi connectivity index (χ3v) is 7.27. The van der Waals surface area contributed by atoms with Gasteiger partial charge in [0.25, 0.3) is 5.91 Å². The maximum atomic E-state index is 14.1. The molecule has 0 spiro atoms. The number of hydrogen-bond acceptors (Lipinski definition) is 8. The lowest BCUT2D eigenvalue weighted by Gasteiger charge is -2.29. The molecule has 0 saturated carbocycles. The molecule has 4 aromatic rings. The molecule has 2 fully saturated rings. The highest BCUT2D eigenvalue weighted by atomic mass is 16.7. The van der Waals surface area contributed by atoms with Crippen molar-refractivity contribution >= 4 is 29.2 Å². The van der Waals surface area contributed by atoms with E-state index in [-0.39, 0.29) is 5.75 Å². The molecule has 4 aromatic carbocycles. The topological polar surface area (TPSA) is 94.6 Å². The van der Waals surface area contributed by atoms with Gasteiger partial charge in [0.05, 0.1) is 36.7 Å². The number of benzene rings is 4. The third kappa shape index (κ3) is 4.73. The van der Waals surface area contributed by atoms with Gasteiger partial charge in [0.2, 0.25) is 5.91 Å². The van der Waals surface area contributed by atoms with Gasteiger partial charge in [0, 0.05) is 0 Å². The van der Waals surface area contributed by atoms with E-state index in [2.05, 4.69) is 0 Å². The molecule has 2 heterocycles. The van der Waals surface area contributed by atoms with Crippen LogP contribution in [-0.4, -0.2) is 37.6 Å². The van der Waals surface area contributed by atoms with Crippen LogP contribution in [0.5, 0.6) is 17.2 Å². The molecule has 3 unspecified atom stereocenters. The fourth-order valence-electron chi connectivity index (χ4n) is 5.39. The second-order valence-corrected chi connectivity index (χ2v) is 9.74. The monoisotopic (exact) mass is 564 g/mol. The number of esters is 1. The summed E-state index contributed by atoms with van der Waals surface area (Å²) in [6, 6.07) is 29.2. The number of fused-ring (bicyclic) bond motifs is 1. The number of methoxy groups -OCH3 is 1. The Morgan fingerprint density at radius 1 is 0.810 bits per heavy atom. The number of imide groups is 1. The lowest BCUT2D eigenvalue weighted by atomic mass is 9.90. The zero-order chi connectivity index (χ0) is 29.2. The normalized spacial score (nSPS) is 19.5. The van der Waals surface area contributed by atoms with Gasteiger partial charge in [-0.15, -0.1) is 0 Å². The fraction of sp³-hybridized carbons (Fsp3) is 0.182. The first-order valence-corrected chi connectivity index (χ1v) is 13.6. The minimum Gasteiger partial charge on any atom is -0.493 e. The first-order valence-electron chi connectivity index (χ1n) is 13.6. The summed E-state index contributed by atoms with van der Waals surface area (Å²) in [5, 5.41) is 1.60. The van der Waals surface area contributed by atoms with Crippen molar-refractivity contribution in [2.75, 3.05) is 23.7 Å². The minimum absolute atomic E-state index is 0.220. The average molecular weight is 565 g/mol. The zero-order valence-electron chi connectivity index (χ0n) is 23.0. The molecular formula is C33H28N2O7. The van der Waals surface area contributed by atoms with Crippen molar-refractivity contribution in [3.8, 4) is 17.2 Å². The Bertz CT molecular complexity index is 1630. The van der Waals surface area contributed by atoms with Crippen molar-refractivity contribution in [1.29, 1.82) is 0 Å². The molecule has 9 heteroatoms. The molecule has 3 atom stereocenters. The molecule has 0 bridgehead atoms. The predicted octanol–water partition coefficient (Wildman–Crippen LogP) is 5.36. The molecule has 6 rings (SSSR count). The van der Waals surface area contributed by atoms with Crippen LogP contribution in [0.2, 0.25) is 0 Å². The van der Waals surface area contributed by atoms with Crippen molar-refractivity contribution in [2.24, 2.45) is 5.92 Å². The van der Waals surface area contributed by atoms with Gasteiger partial charge in [-0.1, -0.05) is 54.6 Å². The van der Waals surface area contributed by atoms with E-state index in [1.54, 1.807) is 71.8 Å². The Morgan fingerprint density at radius 2 is 1.50 bits per heavy atom. The number of carbonyl (C=O) groups is 3. The van der Waals surface area contributed by atoms with Crippen LogP contribution in [0.3, 0.4) is 0 Å². The number of carbonyl (C=O) groups excluding carboxylic acids is 3. The average Bonchev–Trinajstić information content (AvgIpc) is 3.54. The Balaban J connectivity index is 1.38. The molecule has 2 aliphatic heterocycles. The summed E-state index contributed by atoms with van der Waals surface area (Å²) in [7, 11) is 1.47. The van der Waals surface area contributed by atoms with Crippen molar-refractivity contribution in [3.05, 3.63) is 114 Å². The van der Waals surface area contributed by atoms with Gasteiger partial charge < -0.3 is 14.2 Å². The van der Waals surface area contributed by atoms with Crippen LogP contribution >= 0.6 is 0 Å². The van der Waals surface area contributed by atoms with Crippen LogP contribution in [0.15, 0.2) is 103 Å².